The van der Waals surface area contributed by atoms with Crippen LogP contribution in [0.25, 0.3) is 0 Å². The predicted molar refractivity (Wildman–Crippen MR) is 104 cm³/mol. The Kier molecular flexibility index (Phi) is 7.03. The van der Waals surface area contributed by atoms with Crippen LogP contribution in [0.2, 0.25) is 0 Å². The van der Waals surface area contributed by atoms with Gasteiger partial charge in [0.2, 0.25) is 0 Å². The monoisotopic (exact) mass is 383 g/mol. The molecule has 0 saturated carbocycles. The molecule has 0 spiro atoms. The summed E-state index contributed by atoms with van der Waals surface area (Å²) in [6.07, 6.45) is 1.42. The van der Waals surface area contributed by atoms with E-state index in [0.29, 0.717) is 38.2 Å². The number of carboxylic acids is 1. The van der Waals surface area contributed by atoms with E-state index in [4.69, 9.17) is 9.47 Å². The Labute approximate surface area is 164 Å². The second kappa shape index (κ2) is 9.90. The molecule has 6 heteroatoms. The highest BCUT2D eigenvalue weighted by Gasteiger charge is 2.30. The van der Waals surface area contributed by atoms with Gasteiger partial charge >= 0.3 is 5.97 Å². The number of ether oxygens (including phenoxy) is 2. The first-order valence-electron chi connectivity index (χ1n) is 9.49. The fourth-order valence-corrected chi connectivity index (χ4v) is 3.31. The van der Waals surface area contributed by atoms with Gasteiger partial charge in [-0.2, -0.15) is 0 Å². The Bertz CT molecular complexity index is 769. The van der Waals surface area contributed by atoms with Crippen LogP contribution in [0.15, 0.2) is 54.6 Å². The second-order valence-electron chi connectivity index (χ2n) is 6.90. The summed E-state index contributed by atoms with van der Waals surface area (Å²) in [6.45, 7) is 1.69. The van der Waals surface area contributed by atoms with Crippen LogP contribution in [-0.2, 0) is 16.1 Å². The fourth-order valence-electron chi connectivity index (χ4n) is 3.31. The number of para-hydroxylation sites is 1. The molecule has 1 aliphatic rings. The number of benzene rings is 2. The van der Waals surface area contributed by atoms with Gasteiger partial charge in [0.05, 0.1) is 5.92 Å². The Hall–Kier alpha value is -2.86. The molecule has 0 aromatic heterocycles. The number of carbonyl (C=O) groups excluding carboxylic acids is 1. The molecule has 1 atom stereocenters. The summed E-state index contributed by atoms with van der Waals surface area (Å²) in [5, 5.41) is 12.3. The van der Waals surface area contributed by atoms with Crippen molar-refractivity contribution < 1.29 is 24.2 Å². The molecule has 2 aromatic rings. The van der Waals surface area contributed by atoms with Crippen LogP contribution in [0.5, 0.6) is 5.75 Å². The third-order valence-electron chi connectivity index (χ3n) is 5.00. The summed E-state index contributed by atoms with van der Waals surface area (Å²) in [5.74, 6) is -0.915. The smallest absolute Gasteiger partial charge is 0.308 e. The van der Waals surface area contributed by atoms with E-state index in [0.717, 1.165) is 11.3 Å². The summed E-state index contributed by atoms with van der Waals surface area (Å²) in [5.41, 5.74) is 1.45. The molecule has 1 amide bonds. The van der Waals surface area contributed by atoms with Crippen LogP contribution in [0.3, 0.4) is 0 Å². The highest BCUT2D eigenvalue weighted by Crippen LogP contribution is 2.24. The summed E-state index contributed by atoms with van der Waals surface area (Å²) in [6, 6.07) is 16.7. The first-order chi connectivity index (χ1) is 13.6. The number of hydrogen-bond donors (Lipinski definition) is 2. The summed E-state index contributed by atoms with van der Waals surface area (Å²) in [7, 11) is 0. The van der Waals surface area contributed by atoms with Crippen LogP contribution >= 0.6 is 0 Å². The maximum Gasteiger partial charge on any atom is 0.308 e. The zero-order chi connectivity index (χ0) is 19.8. The Balaban J connectivity index is 1.51. The van der Waals surface area contributed by atoms with Gasteiger partial charge in [0.15, 0.2) is 0 Å². The number of hydrogen-bond acceptors (Lipinski definition) is 4. The van der Waals surface area contributed by atoms with E-state index in [-0.39, 0.29) is 18.4 Å². The molecule has 0 aliphatic carbocycles. The Morgan fingerprint density at radius 3 is 2.39 bits per heavy atom. The third-order valence-corrected chi connectivity index (χ3v) is 5.00. The molecular weight excluding hydrogens is 358 g/mol. The zero-order valence-corrected chi connectivity index (χ0v) is 15.7. The molecule has 0 bridgehead atoms. The van der Waals surface area contributed by atoms with Gasteiger partial charge in [-0.15, -0.1) is 0 Å². The highest BCUT2D eigenvalue weighted by atomic mass is 16.5. The average molecular weight is 383 g/mol. The van der Waals surface area contributed by atoms with E-state index >= 15 is 0 Å². The van der Waals surface area contributed by atoms with Crippen molar-refractivity contribution in [2.45, 2.75) is 19.4 Å². The average Bonchev–Trinajstić information content (AvgIpc) is 2.74. The van der Waals surface area contributed by atoms with Gasteiger partial charge in [-0.05, 0) is 48.6 Å². The van der Waals surface area contributed by atoms with Crippen molar-refractivity contribution in [3.63, 3.8) is 0 Å². The first-order valence-corrected chi connectivity index (χ1v) is 9.49. The van der Waals surface area contributed by atoms with Crippen molar-refractivity contribution in [2.24, 2.45) is 11.8 Å². The predicted octanol–water partition coefficient (Wildman–Crippen LogP) is 3.12. The maximum atomic E-state index is 12.4. The number of carboxylic acid groups (broad SMARTS) is 1. The minimum Gasteiger partial charge on any atom is -0.489 e. The molecule has 28 heavy (non-hydrogen) atoms. The number of aliphatic carboxylic acids is 1. The largest absolute Gasteiger partial charge is 0.489 e. The van der Waals surface area contributed by atoms with E-state index in [1.54, 1.807) is 12.1 Å². The van der Waals surface area contributed by atoms with E-state index in [1.165, 1.54) is 0 Å². The van der Waals surface area contributed by atoms with E-state index < -0.39 is 11.9 Å². The lowest BCUT2D eigenvalue weighted by atomic mass is 9.86. The lowest BCUT2D eigenvalue weighted by Crippen LogP contribution is -2.39. The van der Waals surface area contributed by atoms with Crippen LogP contribution in [0, 0.1) is 11.8 Å². The Morgan fingerprint density at radius 2 is 1.75 bits per heavy atom. The van der Waals surface area contributed by atoms with Crippen LogP contribution < -0.4 is 10.1 Å². The SMILES string of the molecule is O=C(NCC(C(=O)O)C1CCOCC1)c1ccc(COc2ccccc2)cc1. The maximum absolute atomic E-state index is 12.4. The van der Waals surface area contributed by atoms with Crippen LogP contribution in [0.4, 0.5) is 0 Å². The minimum atomic E-state index is -0.874. The van der Waals surface area contributed by atoms with Gasteiger partial charge in [-0.3, -0.25) is 9.59 Å². The van der Waals surface area contributed by atoms with Gasteiger partial charge in [0, 0.05) is 25.3 Å². The number of amides is 1. The van der Waals surface area contributed by atoms with Crippen molar-refractivity contribution in [1.82, 2.24) is 5.32 Å². The zero-order valence-electron chi connectivity index (χ0n) is 15.7. The topological polar surface area (TPSA) is 84.9 Å². The molecule has 1 heterocycles. The Morgan fingerprint density at radius 1 is 1.07 bits per heavy atom. The number of nitrogens with one attached hydrogen (secondary N) is 1. The molecular formula is C22H25NO5. The molecule has 2 N–H and O–H groups in total. The molecule has 1 aliphatic heterocycles. The van der Waals surface area contributed by atoms with Gasteiger partial charge in [-0.1, -0.05) is 30.3 Å². The van der Waals surface area contributed by atoms with E-state index in [2.05, 4.69) is 5.32 Å². The van der Waals surface area contributed by atoms with Crippen molar-refractivity contribution in [3.05, 3.63) is 65.7 Å². The second-order valence-corrected chi connectivity index (χ2v) is 6.90. The van der Waals surface area contributed by atoms with Crippen molar-refractivity contribution in [1.29, 1.82) is 0 Å². The quantitative estimate of drug-likeness (QED) is 0.732. The molecule has 6 nitrogen and oxygen atoms in total. The fraction of sp³-hybridized carbons (Fsp3) is 0.364. The molecule has 1 fully saturated rings. The minimum absolute atomic E-state index is 0.0315. The lowest BCUT2D eigenvalue weighted by molar-refractivity contribution is -0.144. The van der Waals surface area contributed by atoms with Gasteiger partial charge < -0.3 is 19.9 Å². The van der Waals surface area contributed by atoms with Crippen LogP contribution in [0.1, 0.15) is 28.8 Å². The molecule has 3 rings (SSSR count). The summed E-state index contributed by atoms with van der Waals surface area (Å²) < 4.78 is 11.0. The van der Waals surface area contributed by atoms with E-state index in [9.17, 15) is 14.7 Å². The third kappa shape index (κ3) is 5.57. The van der Waals surface area contributed by atoms with E-state index in [1.807, 2.05) is 42.5 Å². The number of carbonyl (C=O) groups is 2. The molecule has 148 valence electrons. The number of rotatable bonds is 8. The van der Waals surface area contributed by atoms with Gasteiger partial charge in [0.1, 0.15) is 12.4 Å². The highest BCUT2D eigenvalue weighted by molar-refractivity contribution is 5.94. The molecule has 1 saturated heterocycles. The van der Waals surface area contributed by atoms with Gasteiger partial charge in [-0.25, -0.2) is 0 Å². The van der Waals surface area contributed by atoms with Crippen LogP contribution in [-0.4, -0.2) is 36.7 Å². The van der Waals surface area contributed by atoms with Gasteiger partial charge in [0.25, 0.3) is 5.91 Å². The standard InChI is InChI=1S/C22H25NO5/c24-21(23-14-20(22(25)26)17-10-12-27-13-11-17)18-8-6-16(7-9-18)15-28-19-4-2-1-3-5-19/h1-9,17,20H,10-15H2,(H,23,24)(H,25,26). The molecule has 0 radical (unpaired) electrons. The van der Waals surface area contributed by atoms with Crippen molar-refractivity contribution >= 4 is 11.9 Å². The van der Waals surface area contributed by atoms with Crippen molar-refractivity contribution in [2.75, 3.05) is 19.8 Å². The summed E-state index contributed by atoms with van der Waals surface area (Å²) in [4.78, 5) is 24.0. The normalized spacial score (nSPS) is 15.6. The van der Waals surface area contributed by atoms with Crippen molar-refractivity contribution in [3.8, 4) is 5.75 Å². The molecule has 2 aromatic carbocycles. The summed E-state index contributed by atoms with van der Waals surface area (Å²) >= 11 is 0. The first kappa shape index (κ1) is 19.9. The molecule has 1 unspecified atom stereocenters. The lowest BCUT2D eigenvalue weighted by Gasteiger charge is -2.27.